The Morgan fingerprint density at radius 3 is 2.65 bits per heavy atom. The van der Waals surface area contributed by atoms with Crippen molar-refractivity contribution in [2.75, 3.05) is 0 Å². The van der Waals surface area contributed by atoms with Crippen LogP contribution in [-0.4, -0.2) is 20.6 Å². The summed E-state index contributed by atoms with van der Waals surface area (Å²) in [7, 11) is 0. The molecular formula is C16H14N2O2. The quantitative estimate of drug-likeness (QED) is 0.774. The number of carbonyl (C=O) groups is 1. The highest BCUT2D eigenvalue weighted by Gasteiger charge is 2.13. The number of carboxylic acid groups (broad SMARTS) is 1. The van der Waals surface area contributed by atoms with Gasteiger partial charge < -0.3 is 5.11 Å². The van der Waals surface area contributed by atoms with E-state index in [9.17, 15) is 4.79 Å². The van der Waals surface area contributed by atoms with Crippen LogP contribution in [0.3, 0.4) is 0 Å². The number of aromatic carboxylic acids is 1. The summed E-state index contributed by atoms with van der Waals surface area (Å²) in [5.74, 6) is -0.0786. The number of aryl methyl sites for hydroxylation is 2. The molecule has 100 valence electrons. The molecule has 0 aliphatic rings. The van der Waals surface area contributed by atoms with Gasteiger partial charge in [-0.1, -0.05) is 18.2 Å². The molecule has 2 aromatic carbocycles. The number of benzene rings is 2. The molecule has 4 heteroatoms. The average Bonchev–Trinajstić information content (AvgIpc) is 2.75. The Kier molecular flexibility index (Phi) is 2.79. The highest BCUT2D eigenvalue weighted by atomic mass is 16.4. The minimum atomic E-state index is -0.923. The van der Waals surface area contributed by atoms with Gasteiger partial charge >= 0.3 is 5.97 Å². The minimum absolute atomic E-state index is 0.280. The summed E-state index contributed by atoms with van der Waals surface area (Å²) in [5, 5.41) is 9.16. The van der Waals surface area contributed by atoms with E-state index in [1.54, 1.807) is 12.1 Å². The van der Waals surface area contributed by atoms with Crippen LogP contribution >= 0.6 is 0 Å². The maximum atomic E-state index is 11.2. The zero-order chi connectivity index (χ0) is 14.3. The summed E-state index contributed by atoms with van der Waals surface area (Å²) >= 11 is 0. The number of para-hydroxylation sites is 2. The van der Waals surface area contributed by atoms with Gasteiger partial charge in [-0.2, -0.15) is 0 Å². The van der Waals surface area contributed by atoms with Crippen LogP contribution in [0.4, 0.5) is 0 Å². The molecular weight excluding hydrogens is 252 g/mol. The van der Waals surface area contributed by atoms with Gasteiger partial charge in [0.2, 0.25) is 0 Å². The van der Waals surface area contributed by atoms with Crippen molar-refractivity contribution in [2.24, 2.45) is 0 Å². The molecule has 0 atom stereocenters. The molecule has 1 heterocycles. The van der Waals surface area contributed by atoms with Crippen LogP contribution in [0, 0.1) is 13.8 Å². The number of imidazole rings is 1. The summed E-state index contributed by atoms with van der Waals surface area (Å²) in [6.45, 7) is 3.89. The lowest BCUT2D eigenvalue weighted by molar-refractivity contribution is 0.0697. The Balaban J connectivity index is 2.33. The van der Waals surface area contributed by atoms with E-state index in [0.717, 1.165) is 28.1 Å². The fraction of sp³-hybridized carbons (Fsp3) is 0.125. The third-order valence-corrected chi connectivity index (χ3v) is 3.43. The number of hydrogen-bond acceptors (Lipinski definition) is 2. The van der Waals surface area contributed by atoms with Crippen molar-refractivity contribution in [3.63, 3.8) is 0 Å². The van der Waals surface area contributed by atoms with E-state index in [1.165, 1.54) is 0 Å². The highest BCUT2D eigenvalue weighted by Crippen LogP contribution is 2.24. The Bertz CT molecular complexity index is 818. The van der Waals surface area contributed by atoms with Gasteiger partial charge in [0.15, 0.2) is 0 Å². The number of carboxylic acids is 1. The largest absolute Gasteiger partial charge is 0.478 e. The lowest BCUT2D eigenvalue weighted by atomic mass is 10.1. The third-order valence-electron chi connectivity index (χ3n) is 3.43. The number of rotatable bonds is 2. The minimum Gasteiger partial charge on any atom is -0.478 e. The van der Waals surface area contributed by atoms with Crippen molar-refractivity contribution in [1.82, 2.24) is 9.55 Å². The SMILES string of the molecule is Cc1ccc(C(=O)O)cc1-n1c(C)nc2ccccc21. The molecule has 0 radical (unpaired) electrons. The second-order valence-electron chi connectivity index (χ2n) is 4.79. The average molecular weight is 266 g/mol. The van der Waals surface area contributed by atoms with Crippen molar-refractivity contribution < 1.29 is 9.90 Å². The van der Waals surface area contributed by atoms with Crippen LogP contribution in [0.15, 0.2) is 42.5 Å². The first-order valence-corrected chi connectivity index (χ1v) is 6.36. The molecule has 3 aromatic rings. The molecule has 3 rings (SSSR count). The zero-order valence-corrected chi connectivity index (χ0v) is 11.3. The molecule has 0 saturated carbocycles. The van der Waals surface area contributed by atoms with Crippen molar-refractivity contribution >= 4 is 17.0 Å². The van der Waals surface area contributed by atoms with Gasteiger partial charge in [-0.15, -0.1) is 0 Å². The summed E-state index contributed by atoms with van der Waals surface area (Å²) in [4.78, 5) is 15.7. The maximum absolute atomic E-state index is 11.2. The fourth-order valence-electron chi connectivity index (χ4n) is 2.43. The van der Waals surface area contributed by atoms with E-state index in [1.807, 2.05) is 48.7 Å². The van der Waals surface area contributed by atoms with E-state index in [4.69, 9.17) is 5.11 Å². The number of hydrogen-bond donors (Lipinski definition) is 1. The molecule has 0 bridgehead atoms. The van der Waals surface area contributed by atoms with Crippen LogP contribution in [0.5, 0.6) is 0 Å². The van der Waals surface area contributed by atoms with Crippen molar-refractivity contribution in [2.45, 2.75) is 13.8 Å². The molecule has 0 spiro atoms. The zero-order valence-electron chi connectivity index (χ0n) is 11.3. The summed E-state index contributed by atoms with van der Waals surface area (Å²) in [5.41, 5.74) is 4.04. The Morgan fingerprint density at radius 2 is 1.90 bits per heavy atom. The van der Waals surface area contributed by atoms with Gasteiger partial charge in [-0.3, -0.25) is 4.57 Å². The van der Waals surface area contributed by atoms with E-state index >= 15 is 0 Å². The third kappa shape index (κ3) is 1.86. The van der Waals surface area contributed by atoms with Gasteiger partial charge in [0, 0.05) is 0 Å². The summed E-state index contributed by atoms with van der Waals surface area (Å²) in [6, 6.07) is 13.0. The summed E-state index contributed by atoms with van der Waals surface area (Å²) in [6.07, 6.45) is 0. The lowest BCUT2D eigenvalue weighted by Gasteiger charge is -2.11. The van der Waals surface area contributed by atoms with E-state index in [2.05, 4.69) is 4.98 Å². The molecule has 4 nitrogen and oxygen atoms in total. The van der Waals surface area contributed by atoms with Gasteiger partial charge in [0.25, 0.3) is 0 Å². The van der Waals surface area contributed by atoms with Gasteiger partial charge in [-0.25, -0.2) is 9.78 Å². The molecule has 20 heavy (non-hydrogen) atoms. The molecule has 0 aliphatic heterocycles. The molecule has 1 N–H and O–H groups in total. The first kappa shape index (κ1) is 12.4. The van der Waals surface area contributed by atoms with Crippen LogP contribution in [-0.2, 0) is 0 Å². The summed E-state index contributed by atoms with van der Waals surface area (Å²) < 4.78 is 2.00. The van der Waals surface area contributed by atoms with E-state index in [-0.39, 0.29) is 5.56 Å². The van der Waals surface area contributed by atoms with E-state index < -0.39 is 5.97 Å². The molecule has 0 aliphatic carbocycles. The number of aromatic nitrogens is 2. The second kappa shape index (κ2) is 4.49. The Morgan fingerprint density at radius 1 is 1.15 bits per heavy atom. The smallest absolute Gasteiger partial charge is 0.335 e. The topological polar surface area (TPSA) is 55.1 Å². The normalized spacial score (nSPS) is 10.9. The van der Waals surface area contributed by atoms with Crippen molar-refractivity contribution in [3.8, 4) is 5.69 Å². The second-order valence-corrected chi connectivity index (χ2v) is 4.79. The van der Waals surface area contributed by atoms with Gasteiger partial charge in [0.05, 0.1) is 22.3 Å². The van der Waals surface area contributed by atoms with Gasteiger partial charge in [-0.05, 0) is 43.7 Å². The number of nitrogens with zero attached hydrogens (tertiary/aromatic N) is 2. The van der Waals surface area contributed by atoms with Crippen LogP contribution in [0.2, 0.25) is 0 Å². The fourth-order valence-corrected chi connectivity index (χ4v) is 2.43. The lowest BCUT2D eigenvalue weighted by Crippen LogP contribution is -2.03. The molecule has 0 saturated heterocycles. The Labute approximate surface area is 116 Å². The molecule has 0 unspecified atom stereocenters. The van der Waals surface area contributed by atoms with Crippen molar-refractivity contribution in [3.05, 3.63) is 59.4 Å². The monoisotopic (exact) mass is 266 g/mol. The Hall–Kier alpha value is -2.62. The highest BCUT2D eigenvalue weighted by molar-refractivity contribution is 5.89. The predicted octanol–water partition coefficient (Wildman–Crippen LogP) is 3.34. The van der Waals surface area contributed by atoms with E-state index in [0.29, 0.717) is 0 Å². The maximum Gasteiger partial charge on any atom is 0.335 e. The molecule has 0 fully saturated rings. The van der Waals surface area contributed by atoms with Crippen LogP contribution < -0.4 is 0 Å². The first-order valence-electron chi connectivity index (χ1n) is 6.36. The predicted molar refractivity (Wildman–Crippen MR) is 77.5 cm³/mol. The van der Waals surface area contributed by atoms with Crippen LogP contribution in [0.1, 0.15) is 21.7 Å². The molecule has 0 amide bonds. The van der Waals surface area contributed by atoms with Crippen LogP contribution in [0.25, 0.3) is 16.7 Å². The standard InChI is InChI=1S/C16H14N2O2/c1-10-7-8-12(16(19)20)9-15(10)18-11(2)17-13-5-3-4-6-14(13)18/h3-9H,1-2H3,(H,19,20). The first-order chi connectivity index (χ1) is 9.58. The van der Waals surface area contributed by atoms with Gasteiger partial charge in [0.1, 0.15) is 5.82 Å². The molecule has 1 aromatic heterocycles. The van der Waals surface area contributed by atoms with Crippen molar-refractivity contribution in [1.29, 1.82) is 0 Å². The number of fused-ring (bicyclic) bond motifs is 1.